The van der Waals surface area contributed by atoms with Gasteiger partial charge in [-0.3, -0.25) is 9.80 Å². The number of rotatable bonds is 3. The van der Waals surface area contributed by atoms with Crippen LogP contribution in [0.4, 0.5) is 5.69 Å². The predicted octanol–water partition coefficient (Wildman–Crippen LogP) is 4.54. The van der Waals surface area contributed by atoms with Crippen LogP contribution in [0.15, 0.2) is 96.1 Å². The Kier molecular flexibility index (Phi) is 4.45. The van der Waals surface area contributed by atoms with Gasteiger partial charge in [-0.1, -0.05) is 103 Å². The third-order valence-electron chi connectivity index (χ3n) is 5.18. The van der Waals surface area contributed by atoms with Crippen LogP contribution < -0.4 is 10.3 Å². The summed E-state index contributed by atoms with van der Waals surface area (Å²) < 4.78 is -0.482. The molecule has 0 bridgehead atoms. The van der Waals surface area contributed by atoms with Crippen molar-refractivity contribution in [2.24, 2.45) is 5.10 Å². The highest BCUT2D eigenvalue weighted by molar-refractivity contribution is 8.25. The lowest BCUT2D eigenvalue weighted by Crippen LogP contribution is -2.48. The molecular formula is C23H17N3OS2. The van der Waals surface area contributed by atoms with E-state index < -0.39 is 4.75 Å². The van der Waals surface area contributed by atoms with Gasteiger partial charge in [0, 0.05) is 0 Å². The third-order valence-corrected chi connectivity index (χ3v) is 6.74. The average Bonchev–Trinajstić information content (AvgIpc) is 3.26. The summed E-state index contributed by atoms with van der Waals surface area (Å²) in [7, 11) is 0. The van der Waals surface area contributed by atoms with Crippen molar-refractivity contribution in [2.75, 3.05) is 5.01 Å². The molecule has 2 aliphatic heterocycles. The first-order chi connectivity index (χ1) is 14.2. The zero-order chi connectivity index (χ0) is 19.8. The summed E-state index contributed by atoms with van der Waals surface area (Å²) in [4.78, 5) is 13.4. The lowest BCUT2D eigenvalue weighted by Gasteiger charge is -2.33. The molecule has 1 saturated heterocycles. The number of anilines is 1. The molecule has 3 aromatic carbocycles. The van der Waals surface area contributed by atoms with Crippen LogP contribution in [0.3, 0.4) is 0 Å². The first-order valence-corrected chi connectivity index (χ1v) is 10.5. The van der Waals surface area contributed by atoms with Crippen molar-refractivity contribution >= 4 is 45.6 Å². The molecular weight excluding hydrogens is 398 g/mol. The van der Waals surface area contributed by atoms with Gasteiger partial charge in [-0.05, 0) is 23.3 Å². The summed E-state index contributed by atoms with van der Waals surface area (Å²) in [5.74, 6) is -0.123. The summed E-state index contributed by atoms with van der Waals surface area (Å²) in [5, 5.41) is 9.84. The van der Waals surface area contributed by atoms with Crippen LogP contribution in [0.2, 0.25) is 0 Å². The Hall–Kier alpha value is -2.96. The first-order valence-electron chi connectivity index (χ1n) is 9.28. The molecule has 142 valence electrons. The molecule has 4 nitrogen and oxygen atoms in total. The number of hydrazone groups is 1. The summed E-state index contributed by atoms with van der Waals surface area (Å²) in [6.07, 6.45) is 0. The number of nitrogens with one attached hydrogen (secondary N) is 1. The van der Waals surface area contributed by atoms with Gasteiger partial charge in [0.25, 0.3) is 5.91 Å². The number of benzene rings is 3. The van der Waals surface area contributed by atoms with E-state index in [1.54, 1.807) is 0 Å². The lowest BCUT2D eigenvalue weighted by molar-refractivity contribution is -0.120. The van der Waals surface area contributed by atoms with E-state index >= 15 is 0 Å². The molecule has 1 spiro atoms. The van der Waals surface area contributed by atoms with Crippen molar-refractivity contribution in [2.45, 2.75) is 10.8 Å². The van der Waals surface area contributed by atoms with Gasteiger partial charge >= 0.3 is 0 Å². The Morgan fingerprint density at radius 1 is 0.897 bits per heavy atom. The van der Waals surface area contributed by atoms with Crippen LogP contribution in [0.25, 0.3) is 0 Å². The molecule has 2 heterocycles. The van der Waals surface area contributed by atoms with Crippen molar-refractivity contribution in [3.63, 3.8) is 0 Å². The number of carbonyl (C=O) groups excluding carboxylic acids is 1. The maximum absolute atomic E-state index is 13.4. The molecule has 0 aliphatic carbocycles. The largest absolute Gasteiger partial charge is 0.310 e. The minimum Gasteiger partial charge on any atom is -0.310 e. The molecule has 1 amide bonds. The lowest BCUT2D eigenvalue weighted by atomic mass is 9.85. The SMILES string of the molecule is O=C1NC(=S)SC12C(c1ccccc1)=NN(c1ccccc1)C2c1ccccc1. The molecule has 1 fully saturated rings. The van der Waals surface area contributed by atoms with Gasteiger partial charge in [-0.2, -0.15) is 5.10 Å². The fourth-order valence-electron chi connectivity index (χ4n) is 3.95. The molecule has 0 aromatic heterocycles. The van der Waals surface area contributed by atoms with E-state index in [2.05, 4.69) is 5.32 Å². The summed E-state index contributed by atoms with van der Waals surface area (Å²) >= 11 is 6.81. The number of para-hydroxylation sites is 1. The summed E-state index contributed by atoms with van der Waals surface area (Å²) in [6.45, 7) is 0. The number of carbonyl (C=O) groups is 1. The molecule has 5 rings (SSSR count). The number of thioether (sulfide) groups is 1. The van der Waals surface area contributed by atoms with Crippen LogP contribution in [0.5, 0.6) is 0 Å². The van der Waals surface area contributed by atoms with E-state index in [-0.39, 0.29) is 11.9 Å². The van der Waals surface area contributed by atoms with E-state index in [9.17, 15) is 4.79 Å². The molecule has 29 heavy (non-hydrogen) atoms. The van der Waals surface area contributed by atoms with Gasteiger partial charge in [-0.15, -0.1) is 0 Å². The molecule has 6 heteroatoms. The Morgan fingerprint density at radius 3 is 2.07 bits per heavy atom. The van der Waals surface area contributed by atoms with E-state index in [0.29, 0.717) is 4.32 Å². The van der Waals surface area contributed by atoms with Crippen LogP contribution in [0, 0.1) is 0 Å². The molecule has 0 saturated carbocycles. The van der Waals surface area contributed by atoms with E-state index in [1.165, 1.54) is 11.8 Å². The maximum atomic E-state index is 13.4. The number of nitrogens with zero attached hydrogens (tertiary/aromatic N) is 2. The minimum absolute atomic E-state index is 0.123. The van der Waals surface area contributed by atoms with Gasteiger partial charge in [-0.25, -0.2) is 0 Å². The summed E-state index contributed by atoms with van der Waals surface area (Å²) in [6, 6.07) is 29.5. The molecule has 0 radical (unpaired) electrons. The Morgan fingerprint density at radius 2 is 1.48 bits per heavy atom. The fraction of sp³-hybridized carbons (Fsp3) is 0.0870. The highest BCUT2D eigenvalue weighted by atomic mass is 32.2. The Balaban J connectivity index is 1.78. The fourth-order valence-corrected chi connectivity index (χ4v) is 5.62. The van der Waals surface area contributed by atoms with Gasteiger partial charge in [0.05, 0.1) is 11.4 Å². The second kappa shape index (κ2) is 7.13. The Bertz CT molecular complexity index is 1100. The maximum Gasteiger partial charge on any atom is 0.250 e. The van der Waals surface area contributed by atoms with Gasteiger partial charge < -0.3 is 5.32 Å². The van der Waals surface area contributed by atoms with E-state index in [0.717, 1.165) is 22.5 Å². The normalized spacial score (nSPS) is 23.4. The molecule has 2 unspecified atom stereocenters. The van der Waals surface area contributed by atoms with Crippen molar-refractivity contribution in [1.29, 1.82) is 0 Å². The van der Waals surface area contributed by atoms with Gasteiger partial charge in [0.1, 0.15) is 10.4 Å². The van der Waals surface area contributed by atoms with Crippen LogP contribution in [-0.4, -0.2) is 20.7 Å². The van der Waals surface area contributed by atoms with Crippen LogP contribution in [0.1, 0.15) is 17.2 Å². The van der Waals surface area contributed by atoms with Crippen molar-refractivity contribution in [3.05, 3.63) is 102 Å². The van der Waals surface area contributed by atoms with E-state index in [1.807, 2.05) is 96.0 Å². The second-order valence-electron chi connectivity index (χ2n) is 6.89. The average molecular weight is 416 g/mol. The van der Waals surface area contributed by atoms with Gasteiger partial charge in [0.15, 0.2) is 4.75 Å². The number of amides is 1. The summed E-state index contributed by atoms with van der Waals surface area (Å²) in [5.41, 5.74) is 3.58. The third kappa shape index (κ3) is 2.87. The van der Waals surface area contributed by atoms with Crippen molar-refractivity contribution in [3.8, 4) is 0 Å². The minimum atomic E-state index is -0.963. The highest BCUT2D eigenvalue weighted by Crippen LogP contribution is 2.53. The molecule has 1 N–H and O–H groups in total. The van der Waals surface area contributed by atoms with Crippen LogP contribution in [-0.2, 0) is 4.79 Å². The number of hydrogen-bond donors (Lipinski definition) is 1. The standard InChI is InChI=1S/C23H17N3OS2/c27-21-23(29-22(28)24-21)19(16-10-4-1-5-11-16)25-26(18-14-8-3-9-15-18)20(23)17-12-6-2-7-13-17/h1-15,20H,(H,24,27,28). The topological polar surface area (TPSA) is 44.7 Å². The number of thiocarbonyl (C=S) groups is 1. The first kappa shape index (κ1) is 18.1. The van der Waals surface area contributed by atoms with Gasteiger partial charge in [0.2, 0.25) is 0 Å². The predicted molar refractivity (Wildman–Crippen MR) is 122 cm³/mol. The van der Waals surface area contributed by atoms with Crippen LogP contribution >= 0.6 is 24.0 Å². The zero-order valence-electron chi connectivity index (χ0n) is 15.4. The monoisotopic (exact) mass is 415 g/mol. The zero-order valence-corrected chi connectivity index (χ0v) is 17.0. The molecule has 3 aromatic rings. The van der Waals surface area contributed by atoms with E-state index in [4.69, 9.17) is 17.3 Å². The number of hydrogen-bond acceptors (Lipinski definition) is 5. The molecule has 2 atom stereocenters. The smallest absolute Gasteiger partial charge is 0.250 e. The van der Waals surface area contributed by atoms with Crippen molar-refractivity contribution < 1.29 is 4.79 Å². The van der Waals surface area contributed by atoms with Crippen molar-refractivity contribution in [1.82, 2.24) is 5.32 Å². The quantitative estimate of drug-likeness (QED) is 0.638. The second-order valence-corrected chi connectivity index (χ2v) is 8.81. The molecule has 2 aliphatic rings. The Labute approximate surface area is 178 Å². The highest BCUT2D eigenvalue weighted by Gasteiger charge is 2.62.